The third kappa shape index (κ3) is 3.36. The monoisotopic (exact) mass is 196 g/mol. The lowest BCUT2D eigenvalue weighted by atomic mass is 10.1. The zero-order valence-corrected chi connectivity index (χ0v) is 8.56. The molecule has 1 N–H and O–H groups in total. The van der Waals surface area contributed by atoms with Gasteiger partial charge in [-0.1, -0.05) is 12.1 Å². The molecular weight excluding hydrogens is 180 g/mol. The van der Waals surface area contributed by atoms with Gasteiger partial charge < -0.3 is 14.6 Å². The lowest BCUT2D eigenvalue weighted by Crippen LogP contribution is -2.16. The molecule has 0 heterocycles. The predicted molar refractivity (Wildman–Crippen MR) is 54.6 cm³/mol. The van der Waals surface area contributed by atoms with Gasteiger partial charge in [-0.15, -0.1) is 0 Å². The smallest absolute Gasteiger partial charge is 0.118 e. The molecule has 14 heavy (non-hydrogen) atoms. The summed E-state index contributed by atoms with van der Waals surface area (Å²) in [7, 11) is 3.21. The van der Waals surface area contributed by atoms with Gasteiger partial charge in [0.25, 0.3) is 0 Å². The lowest BCUT2D eigenvalue weighted by molar-refractivity contribution is 0.0650. The van der Waals surface area contributed by atoms with Crippen LogP contribution in [0.15, 0.2) is 24.3 Å². The number of methoxy groups -OCH3 is 2. The molecule has 0 amide bonds. The van der Waals surface area contributed by atoms with E-state index in [1.54, 1.807) is 14.2 Å². The van der Waals surface area contributed by atoms with Crippen LogP contribution in [0.3, 0.4) is 0 Å². The number of hydrogen-bond donors (Lipinski definition) is 1. The van der Waals surface area contributed by atoms with Gasteiger partial charge in [-0.05, 0) is 17.7 Å². The van der Waals surface area contributed by atoms with Crippen LogP contribution in [0.25, 0.3) is 0 Å². The van der Waals surface area contributed by atoms with E-state index in [1.165, 1.54) is 0 Å². The Labute approximate surface area is 84.3 Å². The summed E-state index contributed by atoms with van der Waals surface area (Å²) in [6.07, 6.45) is 0.172. The van der Waals surface area contributed by atoms with Crippen molar-refractivity contribution in [1.29, 1.82) is 0 Å². The first-order valence-corrected chi connectivity index (χ1v) is 4.56. The topological polar surface area (TPSA) is 38.7 Å². The molecule has 1 atom stereocenters. The number of ether oxygens (including phenoxy) is 2. The molecule has 0 saturated heterocycles. The number of aliphatic hydroxyl groups is 1. The minimum atomic E-state index is -0.437. The molecule has 0 radical (unpaired) electrons. The third-order valence-electron chi connectivity index (χ3n) is 1.99. The summed E-state index contributed by atoms with van der Waals surface area (Å²) in [5.41, 5.74) is 1.08. The van der Waals surface area contributed by atoms with Crippen molar-refractivity contribution in [2.45, 2.75) is 12.5 Å². The Balaban J connectivity index is 2.50. The highest BCUT2D eigenvalue weighted by atomic mass is 16.5. The molecule has 0 aliphatic rings. The van der Waals surface area contributed by atoms with Gasteiger partial charge in [0, 0.05) is 13.5 Å². The Morgan fingerprint density at radius 2 is 1.86 bits per heavy atom. The third-order valence-corrected chi connectivity index (χ3v) is 1.99. The molecule has 0 aliphatic carbocycles. The van der Waals surface area contributed by atoms with Crippen LogP contribution < -0.4 is 4.74 Å². The van der Waals surface area contributed by atoms with E-state index in [0.29, 0.717) is 13.0 Å². The molecule has 3 nitrogen and oxygen atoms in total. The van der Waals surface area contributed by atoms with E-state index in [1.807, 2.05) is 24.3 Å². The van der Waals surface area contributed by atoms with Crippen molar-refractivity contribution in [2.24, 2.45) is 0 Å². The van der Waals surface area contributed by atoms with Crippen molar-refractivity contribution in [3.05, 3.63) is 29.8 Å². The van der Waals surface area contributed by atoms with Crippen molar-refractivity contribution >= 4 is 0 Å². The summed E-state index contributed by atoms with van der Waals surface area (Å²) >= 11 is 0. The normalized spacial score (nSPS) is 12.5. The summed E-state index contributed by atoms with van der Waals surface area (Å²) in [6, 6.07) is 7.65. The zero-order chi connectivity index (χ0) is 10.4. The van der Waals surface area contributed by atoms with E-state index in [-0.39, 0.29) is 0 Å². The van der Waals surface area contributed by atoms with E-state index in [0.717, 1.165) is 11.3 Å². The first-order valence-electron chi connectivity index (χ1n) is 4.56. The van der Waals surface area contributed by atoms with Gasteiger partial charge in [0.05, 0.1) is 19.8 Å². The fraction of sp³-hybridized carbons (Fsp3) is 0.455. The van der Waals surface area contributed by atoms with Crippen LogP contribution in [0.2, 0.25) is 0 Å². The van der Waals surface area contributed by atoms with E-state index < -0.39 is 6.10 Å². The van der Waals surface area contributed by atoms with Gasteiger partial charge in [0.1, 0.15) is 5.75 Å². The maximum Gasteiger partial charge on any atom is 0.118 e. The summed E-state index contributed by atoms with van der Waals surface area (Å²) in [5.74, 6) is 0.829. The molecule has 0 bridgehead atoms. The fourth-order valence-corrected chi connectivity index (χ4v) is 1.29. The average Bonchev–Trinajstić information content (AvgIpc) is 2.19. The molecule has 0 unspecified atom stereocenters. The molecule has 3 heteroatoms. The second-order valence-electron chi connectivity index (χ2n) is 3.16. The summed E-state index contributed by atoms with van der Waals surface area (Å²) in [6.45, 7) is 0.367. The zero-order valence-electron chi connectivity index (χ0n) is 8.56. The molecule has 0 aromatic heterocycles. The van der Waals surface area contributed by atoms with Crippen LogP contribution >= 0.6 is 0 Å². The molecular formula is C11H16O3. The van der Waals surface area contributed by atoms with Gasteiger partial charge in [-0.2, -0.15) is 0 Å². The molecule has 1 aromatic rings. The van der Waals surface area contributed by atoms with Gasteiger partial charge in [0.2, 0.25) is 0 Å². The van der Waals surface area contributed by atoms with Crippen LogP contribution in [-0.2, 0) is 11.2 Å². The standard InChI is InChI=1S/C11H16O3/c1-13-8-10(12)7-9-3-5-11(14-2)6-4-9/h3-6,10,12H,7-8H2,1-2H3/t10-/m0/s1. The summed E-state index contributed by atoms with van der Waals surface area (Å²) in [4.78, 5) is 0. The Kier molecular flexibility index (Phi) is 4.43. The second-order valence-corrected chi connectivity index (χ2v) is 3.16. The number of aliphatic hydroxyl groups excluding tert-OH is 1. The van der Waals surface area contributed by atoms with E-state index in [4.69, 9.17) is 9.47 Å². The molecule has 0 aliphatic heterocycles. The van der Waals surface area contributed by atoms with Crippen LogP contribution in [0, 0.1) is 0 Å². The van der Waals surface area contributed by atoms with Crippen molar-refractivity contribution in [1.82, 2.24) is 0 Å². The first-order chi connectivity index (χ1) is 6.76. The van der Waals surface area contributed by atoms with Crippen molar-refractivity contribution in [3.8, 4) is 5.75 Å². The summed E-state index contributed by atoms with van der Waals surface area (Å²) in [5, 5.41) is 9.47. The van der Waals surface area contributed by atoms with Gasteiger partial charge >= 0.3 is 0 Å². The number of hydrogen-bond acceptors (Lipinski definition) is 3. The highest BCUT2D eigenvalue weighted by Crippen LogP contribution is 2.12. The molecule has 0 saturated carbocycles. The van der Waals surface area contributed by atoms with Crippen molar-refractivity contribution in [3.63, 3.8) is 0 Å². The maximum absolute atomic E-state index is 9.47. The van der Waals surface area contributed by atoms with Gasteiger partial charge in [-0.25, -0.2) is 0 Å². The van der Waals surface area contributed by atoms with Gasteiger partial charge in [-0.3, -0.25) is 0 Å². The first kappa shape index (κ1) is 11.0. The van der Waals surface area contributed by atoms with Crippen LogP contribution in [0.1, 0.15) is 5.56 Å². The molecule has 1 aromatic carbocycles. The van der Waals surface area contributed by atoms with E-state index in [9.17, 15) is 5.11 Å². The average molecular weight is 196 g/mol. The quantitative estimate of drug-likeness (QED) is 0.770. The van der Waals surface area contributed by atoms with Crippen molar-refractivity contribution in [2.75, 3.05) is 20.8 Å². The van der Waals surface area contributed by atoms with Crippen LogP contribution in [0.4, 0.5) is 0 Å². The maximum atomic E-state index is 9.47. The highest BCUT2D eigenvalue weighted by molar-refractivity contribution is 5.27. The predicted octanol–water partition coefficient (Wildman–Crippen LogP) is 1.25. The Hall–Kier alpha value is -1.06. The molecule has 78 valence electrons. The van der Waals surface area contributed by atoms with E-state index >= 15 is 0 Å². The number of benzene rings is 1. The van der Waals surface area contributed by atoms with Gasteiger partial charge in [0.15, 0.2) is 0 Å². The highest BCUT2D eigenvalue weighted by Gasteiger charge is 2.04. The summed E-state index contributed by atoms with van der Waals surface area (Å²) < 4.78 is 9.88. The lowest BCUT2D eigenvalue weighted by Gasteiger charge is -2.09. The largest absolute Gasteiger partial charge is 0.497 e. The molecule has 1 rings (SSSR count). The van der Waals surface area contributed by atoms with Crippen LogP contribution in [-0.4, -0.2) is 32.0 Å². The molecule has 0 fully saturated rings. The minimum absolute atomic E-state index is 0.367. The Morgan fingerprint density at radius 1 is 1.21 bits per heavy atom. The van der Waals surface area contributed by atoms with E-state index in [2.05, 4.69) is 0 Å². The van der Waals surface area contributed by atoms with Crippen LogP contribution in [0.5, 0.6) is 5.75 Å². The minimum Gasteiger partial charge on any atom is -0.497 e. The Morgan fingerprint density at radius 3 is 2.36 bits per heavy atom. The molecule has 0 spiro atoms. The second kappa shape index (κ2) is 5.62. The fourth-order valence-electron chi connectivity index (χ4n) is 1.29. The number of rotatable bonds is 5. The SMILES string of the molecule is COC[C@@H](O)Cc1ccc(OC)cc1. The van der Waals surface area contributed by atoms with Crippen molar-refractivity contribution < 1.29 is 14.6 Å². The Bertz CT molecular complexity index is 256.